The molecule has 10 heteroatoms. The number of aryl methyl sites for hydroxylation is 1. The lowest BCUT2D eigenvalue weighted by Gasteiger charge is -2.35. The molecule has 0 fully saturated rings. The van der Waals surface area contributed by atoms with Gasteiger partial charge in [-0.15, -0.1) is 0 Å². The molecule has 0 radical (unpaired) electrons. The molecule has 184 valence electrons. The van der Waals surface area contributed by atoms with Gasteiger partial charge in [-0.3, -0.25) is 9.59 Å². The van der Waals surface area contributed by atoms with Gasteiger partial charge in [0.15, 0.2) is 0 Å². The molecule has 0 bridgehead atoms. The smallest absolute Gasteiger partial charge is 0.364 e. The van der Waals surface area contributed by atoms with Crippen molar-refractivity contribution in [2.24, 2.45) is 0 Å². The van der Waals surface area contributed by atoms with Crippen LogP contribution in [-0.4, -0.2) is 37.5 Å². The molecule has 2 aliphatic heterocycles. The standard InChI is InChI=1S/C25H25F3N4O3/c1-15-11-30(14-29-15)20-6-7-21-23(34)32(16(2)8-9-31(21)22(20)33)13-24(3)19-10-18(25(26,27)28)5-4-17(19)12-35-24/h4-7,10-11,14,16H,8-9,12-13H2,1-3H3. The molecule has 1 aromatic carbocycles. The number of amides is 1. The lowest BCUT2D eigenvalue weighted by molar-refractivity contribution is -0.137. The number of carbonyl (C=O) groups is 1. The number of benzene rings is 1. The van der Waals surface area contributed by atoms with E-state index < -0.39 is 17.3 Å². The number of carbonyl (C=O) groups excluding carboxylic acids is 1. The summed E-state index contributed by atoms with van der Waals surface area (Å²) in [4.78, 5) is 32.7. The zero-order valence-corrected chi connectivity index (χ0v) is 19.6. The predicted molar refractivity (Wildman–Crippen MR) is 121 cm³/mol. The van der Waals surface area contributed by atoms with Gasteiger partial charge < -0.3 is 18.8 Å². The van der Waals surface area contributed by atoms with Crippen LogP contribution >= 0.6 is 0 Å². The van der Waals surface area contributed by atoms with Crippen molar-refractivity contribution in [1.82, 2.24) is 19.0 Å². The number of hydrogen-bond acceptors (Lipinski definition) is 4. The van der Waals surface area contributed by atoms with Gasteiger partial charge in [0.1, 0.15) is 17.0 Å². The molecular formula is C25H25F3N4O3. The van der Waals surface area contributed by atoms with Crippen LogP contribution in [0.4, 0.5) is 13.2 Å². The van der Waals surface area contributed by atoms with Crippen LogP contribution in [0.2, 0.25) is 0 Å². The van der Waals surface area contributed by atoms with Gasteiger partial charge >= 0.3 is 6.18 Å². The Morgan fingerprint density at radius 1 is 1.20 bits per heavy atom. The molecular weight excluding hydrogens is 461 g/mol. The molecule has 0 spiro atoms. The number of pyridine rings is 1. The zero-order valence-electron chi connectivity index (χ0n) is 19.6. The topological polar surface area (TPSA) is 69.4 Å². The lowest BCUT2D eigenvalue weighted by atomic mass is 9.91. The van der Waals surface area contributed by atoms with Gasteiger partial charge in [-0.05, 0) is 62.6 Å². The summed E-state index contributed by atoms with van der Waals surface area (Å²) in [5.41, 5.74) is 0.345. The molecule has 1 amide bonds. The van der Waals surface area contributed by atoms with E-state index in [1.807, 2.05) is 13.8 Å². The number of rotatable bonds is 3. The number of halogens is 3. The maximum atomic E-state index is 13.6. The summed E-state index contributed by atoms with van der Waals surface area (Å²) < 4.78 is 49.2. The van der Waals surface area contributed by atoms with Crippen molar-refractivity contribution in [2.75, 3.05) is 6.54 Å². The molecule has 0 N–H and O–H groups in total. The summed E-state index contributed by atoms with van der Waals surface area (Å²) in [6, 6.07) is 6.57. The molecule has 2 aromatic heterocycles. The normalized spacial score (nSPS) is 22.2. The highest BCUT2D eigenvalue weighted by atomic mass is 19.4. The second kappa shape index (κ2) is 8.08. The highest BCUT2D eigenvalue weighted by molar-refractivity contribution is 5.93. The fourth-order valence-corrected chi connectivity index (χ4v) is 4.91. The molecule has 2 aliphatic rings. The SMILES string of the molecule is Cc1cn(-c2ccc3n(c2=O)CCC(C)N(CC2(C)OCc4ccc(C(F)(F)F)cc42)C3=O)cn1. The number of imidazole rings is 1. The van der Waals surface area contributed by atoms with E-state index in [-0.39, 0.29) is 36.4 Å². The van der Waals surface area contributed by atoms with Crippen LogP contribution in [0.1, 0.15) is 53.1 Å². The Hall–Kier alpha value is -3.40. The average molecular weight is 486 g/mol. The quantitative estimate of drug-likeness (QED) is 0.561. The molecule has 0 aliphatic carbocycles. The summed E-state index contributed by atoms with van der Waals surface area (Å²) in [6.45, 7) is 5.98. The monoisotopic (exact) mass is 486 g/mol. The molecule has 0 saturated heterocycles. The van der Waals surface area contributed by atoms with Crippen LogP contribution in [0, 0.1) is 6.92 Å². The maximum absolute atomic E-state index is 13.6. The van der Waals surface area contributed by atoms with Crippen LogP contribution in [0.3, 0.4) is 0 Å². The van der Waals surface area contributed by atoms with E-state index in [0.29, 0.717) is 29.8 Å². The number of aromatic nitrogens is 3. The van der Waals surface area contributed by atoms with Crippen molar-refractivity contribution >= 4 is 5.91 Å². The molecule has 0 saturated carbocycles. The van der Waals surface area contributed by atoms with Gasteiger partial charge in [0.2, 0.25) is 0 Å². The van der Waals surface area contributed by atoms with Gasteiger partial charge in [0.05, 0.1) is 30.7 Å². The summed E-state index contributed by atoms with van der Waals surface area (Å²) in [7, 11) is 0. The van der Waals surface area contributed by atoms with Crippen molar-refractivity contribution in [3.63, 3.8) is 0 Å². The molecule has 35 heavy (non-hydrogen) atoms. The van der Waals surface area contributed by atoms with Crippen LogP contribution in [0.15, 0.2) is 47.7 Å². The van der Waals surface area contributed by atoms with Crippen LogP contribution < -0.4 is 5.56 Å². The second-order valence-electron chi connectivity index (χ2n) is 9.44. The van der Waals surface area contributed by atoms with Gasteiger partial charge in [0.25, 0.3) is 11.5 Å². The molecule has 7 nitrogen and oxygen atoms in total. The number of ether oxygens (including phenoxy) is 1. The minimum atomic E-state index is -4.48. The van der Waals surface area contributed by atoms with Gasteiger partial charge in [-0.1, -0.05) is 6.07 Å². The lowest BCUT2D eigenvalue weighted by Crippen LogP contribution is -2.46. The Morgan fingerprint density at radius 2 is 1.97 bits per heavy atom. The first kappa shape index (κ1) is 23.3. The van der Waals surface area contributed by atoms with E-state index in [0.717, 1.165) is 17.8 Å². The molecule has 2 unspecified atom stereocenters. The minimum Gasteiger partial charge on any atom is -0.364 e. The predicted octanol–water partition coefficient (Wildman–Crippen LogP) is 4.04. The third-order valence-corrected chi connectivity index (χ3v) is 6.95. The van der Waals surface area contributed by atoms with Crippen molar-refractivity contribution in [1.29, 1.82) is 0 Å². The summed E-state index contributed by atoms with van der Waals surface area (Å²) in [5, 5.41) is 0. The van der Waals surface area contributed by atoms with Crippen LogP contribution in [0.5, 0.6) is 0 Å². The van der Waals surface area contributed by atoms with E-state index in [1.54, 1.807) is 41.0 Å². The van der Waals surface area contributed by atoms with Gasteiger partial charge in [-0.2, -0.15) is 13.2 Å². The van der Waals surface area contributed by atoms with Gasteiger partial charge in [-0.25, -0.2) is 4.98 Å². The van der Waals surface area contributed by atoms with Crippen molar-refractivity contribution in [3.8, 4) is 5.69 Å². The maximum Gasteiger partial charge on any atom is 0.416 e. The number of nitrogens with zero attached hydrogens (tertiary/aromatic N) is 4. The van der Waals surface area contributed by atoms with Crippen LogP contribution in [0.25, 0.3) is 5.69 Å². The van der Waals surface area contributed by atoms with E-state index in [9.17, 15) is 22.8 Å². The van der Waals surface area contributed by atoms with Crippen LogP contribution in [-0.2, 0) is 29.7 Å². The Bertz CT molecular complexity index is 1380. The highest BCUT2D eigenvalue weighted by Crippen LogP contribution is 2.41. The fraction of sp³-hybridized carbons (Fsp3) is 0.400. The Labute approximate surface area is 199 Å². The summed E-state index contributed by atoms with van der Waals surface area (Å²) >= 11 is 0. The van der Waals surface area contributed by atoms with Crippen molar-refractivity contribution < 1.29 is 22.7 Å². The number of alkyl halides is 3. The average Bonchev–Trinajstić information content (AvgIpc) is 3.35. The number of hydrogen-bond donors (Lipinski definition) is 0. The molecule has 2 atom stereocenters. The molecule has 4 heterocycles. The third-order valence-electron chi connectivity index (χ3n) is 6.95. The first-order valence-electron chi connectivity index (χ1n) is 11.4. The summed E-state index contributed by atoms with van der Waals surface area (Å²) in [6.07, 6.45) is -0.675. The highest BCUT2D eigenvalue weighted by Gasteiger charge is 2.42. The Morgan fingerprint density at radius 3 is 2.66 bits per heavy atom. The Balaban J connectivity index is 1.50. The minimum absolute atomic E-state index is 0.0674. The molecule has 5 rings (SSSR count). The molecule has 3 aromatic rings. The van der Waals surface area contributed by atoms with E-state index in [1.165, 1.54) is 10.6 Å². The third kappa shape index (κ3) is 3.95. The first-order chi connectivity index (χ1) is 16.5. The van der Waals surface area contributed by atoms with E-state index in [4.69, 9.17) is 4.74 Å². The number of fused-ring (bicyclic) bond motifs is 2. The van der Waals surface area contributed by atoms with E-state index in [2.05, 4.69) is 4.98 Å². The van der Waals surface area contributed by atoms with E-state index >= 15 is 0 Å². The largest absolute Gasteiger partial charge is 0.416 e. The zero-order chi connectivity index (χ0) is 25.1. The fourth-order valence-electron chi connectivity index (χ4n) is 4.91. The second-order valence-corrected chi connectivity index (χ2v) is 9.44. The van der Waals surface area contributed by atoms with Gasteiger partial charge in [0, 0.05) is 18.8 Å². The Kier molecular flexibility index (Phi) is 5.39. The summed E-state index contributed by atoms with van der Waals surface area (Å²) in [5.74, 6) is -0.356. The van der Waals surface area contributed by atoms with Crippen molar-refractivity contribution in [3.05, 3.63) is 81.3 Å². The first-order valence-corrected chi connectivity index (χ1v) is 11.4. The van der Waals surface area contributed by atoms with Crippen molar-refractivity contribution in [2.45, 2.75) is 58.2 Å².